The van der Waals surface area contributed by atoms with Gasteiger partial charge in [-0.25, -0.2) is 9.79 Å². The predicted molar refractivity (Wildman–Crippen MR) is 53.8 cm³/mol. The predicted octanol–water partition coefficient (Wildman–Crippen LogP) is 1.21. The number of Topliss-reactive ketones (excluding diaryl/α,β-unsaturated/α-hetero) is 1. The third-order valence-corrected chi connectivity index (χ3v) is 2.09. The van der Waals surface area contributed by atoms with Gasteiger partial charge in [-0.2, -0.15) is 0 Å². The third-order valence-electron chi connectivity index (χ3n) is 2.09. The summed E-state index contributed by atoms with van der Waals surface area (Å²) in [4.78, 5) is 26.9. The highest BCUT2D eigenvalue weighted by molar-refractivity contribution is 6.16. The summed E-state index contributed by atoms with van der Waals surface area (Å²) in [7, 11) is 0. The van der Waals surface area contributed by atoms with Crippen LogP contribution >= 0.6 is 0 Å². The number of hydrogen-bond acceptors (Lipinski definition) is 4. The highest BCUT2D eigenvalue weighted by atomic mass is 16.6. The van der Waals surface area contributed by atoms with Crippen molar-refractivity contribution in [1.29, 1.82) is 0 Å². The number of cyclic esters (lactones) is 1. The molecular weight excluding hydrogens is 194 g/mol. The molecule has 0 spiro atoms. The highest BCUT2D eigenvalue weighted by Crippen LogP contribution is 2.12. The van der Waals surface area contributed by atoms with E-state index in [0.717, 1.165) is 0 Å². The van der Waals surface area contributed by atoms with Gasteiger partial charge in [-0.05, 0) is 0 Å². The number of aliphatic imine (C=N–C) groups is 1. The first-order valence-electron chi connectivity index (χ1n) is 4.54. The van der Waals surface area contributed by atoms with Crippen LogP contribution in [0.25, 0.3) is 0 Å². The van der Waals surface area contributed by atoms with E-state index in [0.29, 0.717) is 5.56 Å². The van der Waals surface area contributed by atoms with E-state index in [1.165, 1.54) is 0 Å². The van der Waals surface area contributed by atoms with Gasteiger partial charge in [0.05, 0.1) is 0 Å². The van der Waals surface area contributed by atoms with Gasteiger partial charge in [-0.3, -0.25) is 4.79 Å². The summed E-state index contributed by atoms with van der Waals surface area (Å²) in [6, 6.07) is 7.57. The van der Waals surface area contributed by atoms with Gasteiger partial charge in [0.25, 0.3) is 0 Å². The van der Waals surface area contributed by atoms with Crippen molar-refractivity contribution in [3.05, 3.63) is 35.9 Å². The lowest BCUT2D eigenvalue weighted by Gasteiger charge is -2.01. The molecule has 0 amide bonds. The van der Waals surface area contributed by atoms with Crippen LogP contribution in [-0.2, 0) is 9.53 Å². The fourth-order valence-corrected chi connectivity index (χ4v) is 1.39. The SMILES string of the molecule is CC1=N[C@@H](C(=O)c2ccccc2)C(=O)O1. The van der Waals surface area contributed by atoms with Crippen LogP contribution < -0.4 is 0 Å². The zero-order chi connectivity index (χ0) is 10.8. The van der Waals surface area contributed by atoms with Gasteiger partial charge in [0, 0.05) is 12.5 Å². The Labute approximate surface area is 86.6 Å². The summed E-state index contributed by atoms with van der Waals surface area (Å²) in [6.45, 7) is 1.55. The van der Waals surface area contributed by atoms with Crippen LogP contribution in [-0.4, -0.2) is 23.7 Å². The van der Waals surface area contributed by atoms with E-state index in [1.54, 1.807) is 37.3 Å². The molecule has 0 radical (unpaired) electrons. The first-order chi connectivity index (χ1) is 7.18. The number of carbonyl (C=O) groups excluding carboxylic acids is 2. The Hall–Kier alpha value is -1.97. The third kappa shape index (κ3) is 1.79. The van der Waals surface area contributed by atoms with Crippen LogP contribution in [0.2, 0.25) is 0 Å². The second-order valence-electron chi connectivity index (χ2n) is 3.20. The minimum Gasteiger partial charge on any atom is -0.410 e. The smallest absolute Gasteiger partial charge is 0.345 e. The van der Waals surface area contributed by atoms with Crippen LogP contribution in [0.4, 0.5) is 0 Å². The summed E-state index contributed by atoms with van der Waals surface area (Å²) < 4.78 is 4.71. The second kappa shape index (κ2) is 3.65. The van der Waals surface area contributed by atoms with Crippen molar-refractivity contribution in [2.45, 2.75) is 13.0 Å². The highest BCUT2D eigenvalue weighted by Gasteiger charge is 2.33. The molecule has 76 valence electrons. The second-order valence-corrected chi connectivity index (χ2v) is 3.20. The van der Waals surface area contributed by atoms with Gasteiger partial charge in [-0.1, -0.05) is 30.3 Å². The van der Waals surface area contributed by atoms with Crippen LogP contribution in [0, 0.1) is 0 Å². The van der Waals surface area contributed by atoms with Gasteiger partial charge in [0.15, 0.2) is 11.7 Å². The average Bonchev–Trinajstić information content (AvgIpc) is 2.58. The number of rotatable bonds is 2. The van der Waals surface area contributed by atoms with E-state index >= 15 is 0 Å². The van der Waals surface area contributed by atoms with Gasteiger partial charge in [0.2, 0.25) is 6.04 Å². The molecule has 2 rings (SSSR count). The van der Waals surface area contributed by atoms with Gasteiger partial charge in [0.1, 0.15) is 0 Å². The summed E-state index contributed by atoms with van der Waals surface area (Å²) in [5.41, 5.74) is 0.470. The number of benzene rings is 1. The first-order valence-corrected chi connectivity index (χ1v) is 4.54. The Bertz CT molecular complexity index is 436. The molecule has 4 nitrogen and oxygen atoms in total. The largest absolute Gasteiger partial charge is 0.410 e. The molecule has 0 unspecified atom stereocenters. The molecule has 0 bridgehead atoms. The van der Waals surface area contributed by atoms with E-state index in [-0.39, 0.29) is 11.7 Å². The normalized spacial score (nSPS) is 19.7. The maximum atomic E-state index is 11.8. The maximum absolute atomic E-state index is 11.8. The molecule has 1 heterocycles. The van der Waals surface area contributed by atoms with E-state index < -0.39 is 12.0 Å². The maximum Gasteiger partial charge on any atom is 0.345 e. The topological polar surface area (TPSA) is 55.7 Å². The fraction of sp³-hybridized carbons (Fsp3) is 0.182. The van der Waals surface area contributed by atoms with Crippen LogP contribution in [0.1, 0.15) is 17.3 Å². The quantitative estimate of drug-likeness (QED) is 0.412. The Morgan fingerprint density at radius 3 is 2.53 bits per heavy atom. The molecule has 4 heteroatoms. The summed E-state index contributed by atoms with van der Waals surface area (Å²) in [6.07, 6.45) is 0. The fourth-order valence-electron chi connectivity index (χ4n) is 1.39. The molecule has 1 aliphatic rings. The van der Waals surface area contributed by atoms with E-state index in [4.69, 9.17) is 4.74 Å². The summed E-state index contributed by atoms with van der Waals surface area (Å²) in [5.74, 6) is -0.673. The van der Waals surface area contributed by atoms with Gasteiger partial charge < -0.3 is 4.74 Å². The lowest BCUT2D eigenvalue weighted by Crippen LogP contribution is -2.25. The van der Waals surface area contributed by atoms with Crippen molar-refractivity contribution in [1.82, 2.24) is 0 Å². The standard InChI is InChI=1S/C11H9NO3/c1-7-12-9(11(14)15-7)10(13)8-5-3-2-4-6-8/h2-6,9H,1H3/t9-/m0/s1. The molecule has 1 aliphatic heterocycles. The number of carbonyl (C=O) groups is 2. The number of esters is 1. The minimum atomic E-state index is -1.02. The first kappa shape index (κ1) is 9.58. The van der Waals surface area contributed by atoms with Crippen molar-refractivity contribution in [3.63, 3.8) is 0 Å². The molecule has 0 aliphatic carbocycles. The zero-order valence-corrected chi connectivity index (χ0v) is 8.14. The van der Waals surface area contributed by atoms with Crippen LogP contribution in [0.15, 0.2) is 35.3 Å². The Morgan fingerprint density at radius 1 is 1.33 bits per heavy atom. The van der Waals surface area contributed by atoms with Crippen molar-refractivity contribution >= 4 is 17.7 Å². The van der Waals surface area contributed by atoms with Gasteiger partial charge in [-0.15, -0.1) is 0 Å². The van der Waals surface area contributed by atoms with E-state index in [2.05, 4.69) is 4.99 Å². The number of ketones is 1. The molecule has 15 heavy (non-hydrogen) atoms. The molecule has 0 N–H and O–H groups in total. The number of hydrogen-bond donors (Lipinski definition) is 0. The van der Waals surface area contributed by atoms with Crippen molar-refractivity contribution in [2.24, 2.45) is 4.99 Å². The minimum absolute atomic E-state index is 0.245. The molecule has 1 atom stereocenters. The molecule has 1 aromatic rings. The number of ether oxygens (including phenoxy) is 1. The van der Waals surface area contributed by atoms with Crippen molar-refractivity contribution in [3.8, 4) is 0 Å². The van der Waals surface area contributed by atoms with Crippen LogP contribution in [0.5, 0.6) is 0 Å². The van der Waals surface area contributed by atoms with Crippen molar-refractivity contribution < 1.29 is 14.3 Å². The summed E-state index contributed by atoms with van der Waals surface area (Å²) in [5, 5.41) is 0. The molecule has 0 fully saturated rings. The Morgan fingerprint density at radius 2 is 2.00 bits per heavy atom. The lowest BCUT2D eigenvalue weighted by atomic mass is 10.1. The zero-order valence-electron chi connectivity index (χ0n) is 8.14. The van der Waals surface area contributed by atoms with Crippen LogP contribution in [0.3, 0.4) is 0 Å². The molecule has 0 saturated carbocycles. The molecule has 0 saturated heterocycles. The molecule has 0 aromatic heterocycles. The number of nitrogens with zero attached hydrogens (tertiary/aromatic N) is 1. The molecular formula is C11H9NO3. The summed E-state index contributed by atoms with van der Waals surface area (Å²) >= 11 is 0. The molecule has 1 aromatic carbocycles. The Kier molecular flexibility index (Phi) is 2.33. The van der Waals surface area contributed by atoms with Gasteiger partial charge >= 0.3 is 5.97 Å². The van der Waals surface area contributed by atoms with E-state index in [1.807, 2.05) is 0 Å². The van der Waals surface area contributed by atoms with Crippen molar-refractivity contribution in [2.75, 3.05) is 0 Å². The average molecular weight is 203 g/mol. The lowest BCUT2D eigenvalue weighted by molar-refractivity contribution is -0.133. The van der Waals surface area contributed by atoms with E-state index in [9.17, 15) is 9.59 Å². The Balaban J connectivity index is 2.26. The monoisotopic (exact) mass is 203 g/mol.